The molecule has 8 heteroatoms. The van der Waals surface area contributed by atoms with Gasteiger partial charge in [-0.2, -0.15) is 18.3 Å². The summed E-state index contributed by atoms with van der Waals surface area (Å²) in [4.78, 5) is 11.3. The Kier molecular flexibility index (Phi) is 4.88. The van der Waals surface area contributed by atoms with E-state index in [4.69, 9.17) is 4.74 Å². The Morgan fingerprint density at radius 1 is 1.38 bits per heavy atom. The fourth-order valence-electron chi connectivity index (χ4n) is 1.35. The van der Waals surface area contributed by atoms with E-state index in [-0.39, 0.29) is 17.8 Å². The topological polar surface area (TPSA) is 67.0 Å². The maximum absolute atomic E-state index is 12.6. The summed E-state index contributed by atoms with van der Waals surface area (Å²) in [5.74, 6) is 4.79. The summed E-state index contributed by atoms with van der Waals surface area (Å²) < 4.78 is 42.9. The lowest BCUT2D eigenvalue weighted by molar-refractivity contribution is -0.141. The number of H-pyrrole nitrogens is 1. The van der Waals surface area contributed by atoms with Crippen molar-refractivity contribution in [1.29, 1.82) is 0 Å². The van der Waals surface area contributed by atoms with Crippen LogP contribution in [-0.4, -0.2) is 28.4 Å². The number of rotatable bonds is 1. The third-order valence-electron chi connectivity index (χ3n) is 2.15. The molecule has 1 heterocycles. The molecule has 0 fully saturated rings. The van der Waals surface area contributed by atoms with Crippen LogP contribution in [0, 0.1) is 18.8 Å². The molecule has 116 valence electrons. The number of carbonyl (C=O) groups excluding carboxylic acids is 1. The summed E-state index contributed by atoms with van der Waals surface area (Å²) >= 11 is 0. The van der Waals surface area contributed by atoms with Gasteiger partial charge in [-0.05, 0) is 27.7 Å². The molecule has 21 heavy (non-hydrogen) atoms. The SMILES string of the molecule is Cc1[nH]nc(C(F)(F)F)c1C#CCNC(=O)OC(C)(C)C. The van der Waals surface area contributed by atoms with E-state index in [1.807, 2.05) is 0 Å². The molecular formula is C13H16F3N3O2. The van der Waals surface area contributed by atoms with Gasteiger partial charge in [0.1, 0.15) is 5.60 Å². The minimum Gasteiger partial charge on any atom is -0.444 e. The first-order valence-corrected chi connectivity index (χ1v) is 6.08. The summed E-state index contributed by atoms with van der Waals surface area (Å²) in [5.41, 5.74) is -1.73. The summed E-state index contributed by atoms with van der Waals surface area (Å²) in [7, 11) is 0. The van der Waals surface area contributed by atoms with E-state index in [9.17, 15) is 18.0 Å². The van der Waals surface area contributed by atoms with E-state index >= 15 is 0 Å². The first-order valence-electron chi connectivity index (χ1n) is 6.08. The Morgan fingerprint density at radius 2 is 2.00 bits per heavy atom. The zero-order chi connectivity index (χ0) is 16.3. The van der Waals surface area contributed by atoms with E-state index in [1.165, 1.54) is 6.92 Å². The molecule has 0 unspecified atom stereocenters. The molecule has 0 aliphatic rings. The number of aromatic amines is 1. The highest BCUT2D eigenvalue weighted by molar-refractivity contribution is 5.68. The Morgan fingerprint density at radius 3 is 2.52 bits per heavy atom. The molecule has 0 aliphatic carbocycles. The van der Waals surface area contributed by atoms with Crippen molar-refractivity contribution in [1.82, 2.24) is 15.5 Å². The second-order valence-electron chi connectivity index (χ2n) is 5.23. The quantitative estimate of drug-likeness (QED) is 0.784. The molecule has 0 aliphatic heterocycles. The maximum atomic E-state index is 12.6. The third-order valence-corrected chi connectivity index (χ3v) is 2.15. The van der Waals surface area contributed by atoms with E-state index < -0.39 is 23.6 Å². The molecule has 0 radical (unpaired) electrons. The van der Waals surface area contributed by atoms with E-state index in [2.05, 4.69) is 27.4 Å². The molecule has 1 aromatic rings. The average molecular weight is 303 g/mol. The van der Waals surface area contributed by atoms with Crippen LogP contribution in [0.3, 0.4) is 0 Å². The molecular weight excluding hydrogens is 287 g/mol. The number of halogens is 3. The van der Waals surface area contributed by atoms with Crippen molar-refractivity contribution in [3.63, 3.8) is 0 Å². The molecule has 0 aromatic carbocycles. The Hall–Kier alpha value is -2.17. The van der Waals surface area contributed by atoms with Gasteiger partial charge in [0.15, 0.2) is 5.69 Å². The highest BCUT2D eigenvalue weighted by atomic mass is 19.4. The van der Waals surface area contributed by atoms with Crippen molar-refractivity contribution < 1.29 is 22.7 Å². The second-order valence-corrected chi connectivity index (χ2v) is 5.23. The van der Waals surface area contributed by atoms with Crippen LogP contribution in [0.15, 0.2) is 0 Å². The van der Waals surface area contributed by atoms with Crippen LogP contribution in [0.5, 0.6) is 0 Å². The fraction of sp³-hybridized carbons (Fsp3) is 0.538. The van der Waals surface area contributed by atoms with Crippen molar-refractivity contribution in [2.24, 2.45) is 0 Å². The van der Waals surface area contributed by atoms with Gasteiger partial charge in [0.25, 0.3) is 0 Å². The number of alkyl carbamates (subject to hydrolysis) is 1. The summed E-state index contributed by atoms with van der Waals surface area (Å²) in [6.07, 6.45) is -5.26. The summed E-state index contributed by atoms with van der Waals surface area (Å²) in [5, 5.41) is 7.76. The predicted octanol–water partition coefficient (Wildman–Crippen LogP) is 2.61. The van der Waals surface area contributed by atoms with Crippen molar-refractivity contribution in [2.75, 3.05) is 6.54 Å². The molecule has 0 atom stereocenters. The van der Waals surface area contributed by atoms with Crippen LogP contribution in [0.1, 0.15) is 37.7 Å². The van der Waals surface area contributed by atoms with Gasteiger partial charge in [-0.15, -0.1) is 0 Å². The molecule has 1 rings (SSSR count). The van der Waals surface area contributed by atoms with Crippen LogP contribution < -0.4 is 5.32 Å². The van der Waals surface area contributed by atoms with Gasteiger partial charge in [0, 0.05) is 5.69 Å². The number of nitrogens with zero attached hydrogens (tertiary/aromatic N) is 1. The molecule has 0 saturated carbocycles. The van der Waals surface area contributed by atoms with Gasteiger partial charge >= 0.3 is 12.3 Å². The molecule has 0 spiro atoms. The zero-order valence-corrected chi connectivity index (χ0v) is 12.1. The summed E-state index contributed by atoms with van der Waals surface area (Å²) in [6.45, 7) is 6.40. The molecule has 5 nitrogen and oxygen atoms in total. The number of carbonyl (C=O) groups is 1. The zero-order valence-electron chi connectivity index (χ0n) is 12.1. The summed E-state index contributed by atoms with van der Waals surface area (Å²) in [6, 6.07) is 0. The van der Waals surface area contributed by atoms with E-state index in [1.54, 1.807) is 20.8 Å². The number of nitrogens with one attached hydrogen (secondary N) is 2. The minimum absolute atomic E-state index is 0.128. The molecule has 0 saturated heterocycles. The number of hydrogen-bond acceptors (Lipinski definition) is 3. The number of hydrogen-bond donors (Lipinski definition) is 2. The number of aromatic nitrogens is 2. The highest BCUT2D eigenvalue weighted by Gasteiger charge is 2.37. The number of aryl methyl sites for hydroxylation is 1. The van der Waals surface area contributed by atoms with Crippen LogP contribution in [-0.2, 0) is 10.9 Å². The molecule has 2 N–H and O–H groups in total. The van der Waals surface area contributed by atoms with Crippen molar-refractivity contribution in [3.05, 3.63) is 17.0 Å². The van der Waals surface area contributed by atoms with Gasteiger partial charge in [-0.1, -0.05) is 11.8 Å². The van der Waals surface area contributed by atoms with Gasteiger partial charge in [-0.3, -0.25) is 5.10 Å². The Balaban J connectivity index is 2.69. The second kappa shape index (κ2) is 6.08. The van der Waals surface area contributed by atoms with Gasteiger partial charge < -0.3 is 10.1 Å². The lowest BCUT2D eigenvalue weighted by Gasteiger charge is -2.19. The number of ether oxygens (including phenoxy) is 1. The van der Waals surface area contributed by atoms with Crippen LogP contribution >= 0.6 is 0 Å². The maximum Gasteiger partial charge on any atom is 0.436 e. The largest absolute Gasteiger partial charge is 0.444 e. The lowest BCUT2D eigenvalue weighted by Crippen LogP contribution is -2.32. The molecule has 1 aromatic heterocycles. The third kappa shape index (κ3) is 5.38. The average Bonchev–Trinajstić information content (AvgIpc) is 2.63. The van der Waals surface area contributed by atoms with Crippen LogP contribution in [0.2, 0.25) is 0 Å². The van der Waals surface area contributed by atoms with E-state index in [0.717, 1.165) is 0 Å². The number of alkyl halides is 3. The van der Waals surface area contributed by atoms with Crippen LogP contribution in [0.4, 0.5) is 18.0 Å². The molecule has 0 bridgehead atoms. The van der Waals surface area contributed by atoms with Crippen molar-refractivity contribution >= 4 is 6.09 Å². The van der Waals surface area contributed by atoms with Crippen molar-refractivity contribution in [3.8, 4) is 11.8 Å². The number of amides is 1. The van der Waals surface area contributed by atoms with Crippen molar-refractivity contribution in [2.45, 2.75) is 39.5 Å². The highest BCUT2D eigenvalue weighted by Crippen LogP contribution is 2.30. The fourth-order valence-corrected chi connectivity index (χ4v) is 1.35. The van der Waals surface area contributed by atoms with E-state index in [0.29, 0.717) is 0 Å². The standard InChI is InChI=1S/C13H16F3N3O2/c1-8-9(10(19-18-8)13(14,15)16)6-5-7-17-11(20)21-12(2,3)4/h7H2,1-4H3,(H,17,20)(H,18,19). The predicted molar refractivity (Wildman–Crippen MR) is 69.4 cm³/mol. The van der Waals surface area contributed by atoms with Gasteiger partial charge in [-0.25, -0.2) is 4.79 Å². The smallest absolute Gasteiger partial charge is 0.436 e. The minimum atomic E-state index is -4.58. The first kappa shape index (κ1) is 16.9. The molecule has 1 amide bonds. The monoisotopic (exact) mass is 303 g/mol. The van der Waals surface area contributed by atoms with Gasteiger partial charge in [0.2, 0.25) is 0 Å². The van der Waals surface area contributed by atoms with Crippen LogP contribution in [0.25, 0.3) is 0 Å². The first-order chi connectivity index (χ1) is 9.50. The van der Waals surface area contributed by atoms with Gasteiger partial charge in [0.05, 0.1) is 12.1 Å². The lowest BCUT2D eigenvalue weighted by atomic mass is 10.2. The Labute approximate surface area is 120 Å². The normalized spacial score (nSPS) is 11.6. The Bertz CT molecular complexity index is 574.